The third-order valence-electron chi connectivity index (χ3n) is 4.22. The molecule has 0 aromatic carbocycles. The predicted molar refractivity (Wildman–Crippen MR) is 134 cm³/mol. The minimum absolute atomic E-state index is 0.378. The SMILES string of the molecule is Nc1cnc(C2=C\C=C/C=C\C=C/C=C\C=C2)c(C2=C\C=C/C=C\C=C/C=C\C=C2)n1. The highest BCUT2D eigenvalue weighted by molar-refractivity contribution is 5.85. The van der Waals surface area contributed by atoms with E-state index in [9.17, 15) is 0 Å². The van der Waals surface area contributed by atoms with Crippen LogP contribution in [0.1, 0.15) is 11.4 Å². The lowest BCUT2D eigenvalue weighted by Gasteiger charge is -2.10. The van der Waals surface area contributed by atoms with Crippen molar-refractivity contribution in [2.75, 3.05) is 5.73 Å². The third-order valence-corrected chi connectivity index (χ3v) is 4.22. The van der Waals surface area contributed by atoms with Crippen molar-refractivity contribution in [1.82, 2.24) is 9.97 Å². The highest BCUT2D eigenvalue weighted by Crippen LogP contribution is 2.25. The number of allylic oxidation sites excluding steroid dienone is 24. The van der Waals surface area contributed by atoms with Gasteiger partial charge in [-0.25, -0.2) is 4.98 Å². The second kappa shape index (κ2) is 12.3. The van der Waals surface area contributed by atoms with Crippen LogP contribution in [-0.4, -0.2) is 9.97 Å². The third kappa shape index (κ3) is 7.26. The zero-order valence-electron chi connectivity index (χ0n) is 17.3. The fourth-order valence-electron chi connectivity index (χ4n) is 2.78. The van der Waals surface area contributed by atoms with Gasteiger partial charge >= 0.3 is 0 Å². The molecule has 0 fully saturated rings. The van der Waals surface area contributed by atoms with Crippen molar-refractivity contribution < 1.29 is 0 Å². The second-order valence-electron chi connectivity index (χ2n) is 6.53. The molecule has 2 aliphatic carbocycles. The Bertz CT molecular complexity index is 1120. The average Bonchev–Trinajstić information content (AvgIpc) is 2.75. The summed E-state index contributed by atoms with van der Waals surface area (Å²) in [6.45, 7) is 0. The van der Waals surface area contributed by atoms with Crippen molar-refractivity contribution in [3.8, 4) is 0 Å². The second-order valence-corrected chi connectivity index (χ2v) is 6.53. The Morgan fingerprint density at radius 3 is 1.32 bits per heavy atom. The Hall–Kier alpha value is -4.24. The van der Waals surface area contributed by atoms with E-state index in [4.69, 9.17) is 5.73 Å². The maximum absolute atomic E-state index is 6.02. The molecule has 31 heavy (non-hydrogen) atoms. The van der Waals surface area contributed by atoms with Crippen LogP contribution < -0.4 is 5.73 Å². The average molecular weight is 404 g/mol. The number of nitrogens with two attached hydrogens (primary N) is 1. The van der Waals surface area contributed by atoms with E-state index in [1.54, 1.807) is 6.20 Å². The number of aromatic nitrogens is 2. The standard InChI is InChI=1S/C28H25N3/c29-26-23-30-27(24-19-15-11-7-3-1-4-8-12-16-20-24)28(31-26)25-21-17-13-9-5-2-6-10-14-18-22-25/h1-23H,(H2,29,31)/b3-1-,4-1?,5-2-,6-2?,7-3?,8-4-,9-5?,10-6-,11-7-,12-8?,13-9-,14-10?,15-11?,16-12-,17-13?,18-14-,19-15?,20-16?,21-17?,22-18?,24-19?,24-20?,25-21?,25-22?. The largest absolute Gasteiger partial charge is 0.382 e. The zero-order valence-corrected chi connectivity index (χ0v) is 17.3. The molecule has 152 valence electrons. The summed E-state index contributed by atoms with van der Waals surface area (Å²) in [5.41, 5.74) is 9.35. The van der Waals surface area contributed by atoms with Gasteiger partial charge in [-0.2, -0.15) is 0 Å². The lowest BCUT2D eigenvalue weighted by Crippen LogP contribution is -2.03. The van der Waals surface area contributed by atoms with Gasteiger partial charge in [-0.1, -0.05) is 134 Å². The van der Waals surface area contributed by atoms with E-state index in [2.05, 4.69) is 9.97 Å². The number of nitrogens with zero attached hydrogens (tertiary/aromatic N) is 2. The first-order valence-corrected chi connectivity index (χ1v) is 10.1. The van der Waals surface area contributed by atoms with Crippen LogP contribution in [0.4, 0.5) is 5.82 Å². The molecule has 2 aliphatic rings. The normalized spacial score (nSPS) is 24.5. The smallest absolute Gasteiger partial charge is 0.142 e. The zero-order chi connectivity index (χ0) is 21.6. The van der Waals surface area contributed by atoms with E-state index in [0.29, 0.717) is 5.82 Å². The first kappa shape index (κ1) is 21.5. The molecule has 0 saturated heterocycles. The molecule has 0 bridgehead atoms. The molecule has 0 amide bonds. The van der Waals surface area contributed by atoms with Gasteiger partial charge in [-0.05, 0) is 0 Å². The molecule has 0 radical (unpaired) electrons. The van der Waals surface area contributed by atoms with E-state index < -0.39 is 0 Å². The molecule has 0 saturated carbocycles. The molecule has 1 aromatic rings. The molecule has 0 unspecified atom stereocenters. The Kier molecular flexibility index (Phi) is 8.55. The molecule has 2 N–H and O–H groups in total. The van der Waals surface area contributed by atoms with Gasteiger partial charge in [0.2, 0.25) is 0 Å². The van der Waals surface area contributed by atoms with E-state index in [-0.39, 0.29) is 0 Å². The van der Waals surface area contributed by atoms with Gasteiger partial charge in [0.15, 0.2) is 0 Å². The quantitative estimate of drug-likeness (QED) is 0.620. The van der Waals surface area contributed by atoms with Crippen LogP contribution in [0.2, 0.25) is 0 Å². The molecule has 3 nitrogen and oxygen atoms in total. The molecule has 0 aliphatic heterocycles. The summed E-state index contributed by atoms with van der Waals surface area (Å²) in [5, 5.41) is 0. The molecule has 0 atom stereocenters. The van der Waals surface area contributed by atoms with Crippen LogP contribution in [0, 0.1) is 0 Å². The Morgan fingerprint density at radius 2 is 0.839 bits per heavy atom. The van der Waals surface area contributed by atoms with Crippen LogP contribution >= 0.6 is 0 Å². The van der Waals surface area contributed by atoms with Gasteiger partial charge < -0.3 is 5.73 Å². The van der Waals surface area contributed by atoms with Gasteiger partial charge in [0.1, 0.15) is 5.82 Å². The maximum Gasteiger partial charge on any atom is 0.142 e. The van der Waals surface area contributed by atoms with E-state index >= 15 is 0 Å². The summed E-state index contributed by atoms with van der Waals surface area (Å²) >= 11 is 0. The monoisotopic (exact) mass is 403 g/mol. The van der Waals surface area contributed by atoms with Crippen LogP contribution in [-0.2, 0) is 0 Å². The maximum atomic E-state index is 6.02. The number of hydrogen-bond donors (Lipinski definition) is 1. The van der Waals surface area contributed by atoms with Gasteiger partial charge in [0.05, 0.1) is 17.6 Å². The summed E-state index contributed by atoms with van der Waals surface area (Å²) in [4.78, 5) is 9.27. The molecule has 1 aromatic heterocycles. The summed E-state index contributed by atoms with van der Waals surface area (Å²) < 4.78 is 0. The summed E-state index contributed by atoms with van der Waals surface area (Å²) in [6.07, 6.45) is 45.3. The Balaban J connectivity index is 2.10. The van der Waals surface area contributed by atoms with Crippen molar-refractivity contribution in [2.24, 2.45) is 0 Å². The Labute approximate surface area is 184 Å². The molecule has 3 rings (SSSR count). The molecule has 3 heteroatoms. The topological polar surface area (TPSA) is 51.8 Å². The first-order chi connectivity index (χ1) is 15.3. The van der Waals surface area contributed by atoms with Crippen LogP contribution in [0.3, 0.4) is 0 Å². The molecule has 1 heterocycles. The van der Waals surface area contributed by atoms with Gasteiger partial charge in [-0.3, -0.25) is 4.98 Å². The van der Waals surface area contributed by atoms with Crippen LogP contribution in [0.15, 0.2) is 140 Å². The number of anilines is 1. The summed E-state index contributed by atoms with van der Waals surface area (Å²) in [5.74, 6) is 0.378. The lowest BCUT2D eigenvalue weighted by atomic mass is 10.0. The van der Waals surface area contributed by atoms with Gasteiger partial charge in [0, 0.05) is 11.1 Å². The van der Waals surface area contributed by atoms with Gasteiger partial charge in [-0.15, -0.1) is 0 Å². The van der Waals surface area contributed by atoms with Gasteiger partial charge in [0.25, 0.3) is 0 Å². The van der Waals surface area contributed by atoms with Crippen LogP contribution in [0.25, 0.3) is 11.1 Å². The summed E-state index contributed by atoms with van der Waals surface area (Å²) in [7, 11) is 0. The first-order valence-electron chi connectivity index (χ1n) is 10.1. The predicted octanol–water partition coefficient (Wildman–Crippen LogP) is 6.41. The molecular weight excluding hydrogens is 378 g/mol. The fraction of sp³-hybridized carbons (Fsp3) is 0. The minimum atomic E-state index is 0.378. The summed E-state index contributed by atoms with van der Waals surface area (Å²) in [6, 6.07) is 0. The highest BCUT2D eigenvalue weighted by Gasteiger charge is 2.12. The van der Waals surface area contributed by atoms with Crippen molar-refractivity contribution in [1.29, 1.82) is 0 Å². The molecular formula is C28H25N3. The van der Waals surface area contributed by atoms with Crippen molar-refractivity contribution in [2.45, 2.75) is 0 Å². The Morgan fingerprint density at radius 1 is 0.452 bits per heavy atom. The molecule has 0 spiro atoms. The number of nitrogen functional groups attached to an aromatic ring is 1. The lowest BCUT2D eigenvalue weighted by molar-refractivity contribution is 1.15. The van der Waals surface area contributed by atoms with Crippen molar-refractivity contribution in [3.63, 3.8) is 0 Å². The fourth-order valence-corrected chi connectivity index (χ4v) is 2.78. The van der Waals surface area contributed by atoms with Crippen LogP contribution in [0.5, 0.6) is 0 Å². The minimum Gasteiger partial charge on any atom is -0.382 e. The van der Waals surface area contributed by atoms with Crippen molar-refractivity contribution >= 4 is 17.0 Å². The van der Waals surface area contributed by atoms with E-state index in [1.165, 1.54) is 0 Å². The van der Waals surface area contributed by atoms with E-state index in [0.717, 1.165) is 22.5 Å². The van der Waals surface area contributed by atoms with E-state index in [1.807, 2.05) is 134 Å². The highest BCUT2D eigenvalue weighted by atomic mass is 14.9. The number of rotatable bonds is 2. The van der Waals surface area contributed by atoms with Crippen molar-refractivity contribution in [3.05, 3.63) is 151 Å². The number of hydrogen-bond acceptors (Lipinski definition) is 3.